The number of methoxy groups -OCH3 is 2. The fourth-order valence-corrected chi connectivity index (χ4v) is 2.86. The van der Waals surface area contributed by atoms with Crippen molar-refractivity contribution in [3.8, 4) is 22.8 Å². The average Bonchev–Trinajstić information content (AvgIpc) is 2.75. The molecule has 1 atom stereocenters. The summed E-state index contributed by atoms with van der Waals surface area (Å²) in [6.07, 6.45) is 1.86. The second-order valence-corrected chi connectivity index (χ2v) is 6.24. The fourth-order valence-electron chi connectivity index (χ4n) is 2.86. The quantitative estimate of drug-likeness (QED) is 0.662. The van der Waals surface area contributed by atoms with Gasteiger partial charge in [-0.05, 0) is 42.8 Å². The number of rotatable bonds is 7. The summed E-state index contributed by atoms with van der Waals surface area (Å²) in [5.41, 5.74) is 1.14. The molecule has 1 aromatic heterocycles. The summed E-state index contributed by atoms with van der Waals surface area (Å²) in [7, 11) is 3.13. The number of aromatic nitrogens is 3. The molecule has 0 aliphatic rings. The molecule has 0 saturated carbocycles. The molecule has 150 valence electrons. The first kappa shape index (κ1) is 20.1. The zero-order valence-corrected chi connectivity index (χ0v) is 16.5. The number of nitrogens with one attached hydrogen (secondary N) is 1. The Kier molecular flexibility index (Phi) is 6.23. The molecule has 0 aliphatic carbocycles. The SMILES string of the molecule is CCC(C(=O)Nc1cccc(OC)c1)n1ncc(-c2ccc(OC)cc2)nc1=O. The van der Waals surface area contributed by atoms with Gasteiger partial charge in [0, 0.05) is 17.3 Å². The molecular formula is C21H22N4O4. The van der Waals surface area contributed by atoms with Crippen molar-refractivity contribution < 1.29 is 14.3 Å². The molecule has 3 aromatic rings. The molecule has 0 saturated heterocycles. The van der Waals surface area contributed by atoms with E-state index in [1.165, 1.54) is 6.20 Å². The normalized spacial score (nSPS) is 11.6. The standard InChI is InChI=1S/C21H22N4O4/c1-4-19(20(26)23-15-6-5-7-17(12-15)29-3)25-21(27)24-18(13-22-25)14-8-10-16(28-2)11-9-14/h5-13,19H,4H2,1-3H3,(H,23,26). The fraction of sp³-hybridized carbons (Fsp3) is 0.238. The number of hydrogen-bond donors (Lipinski definition) is 1. The predicted octanol–water partition coefficient (Wildman–Crippen LogP) is 2.91. The summed E-state index contributed by atoms with van der Waals surface area (Å²) in [4.78, 5) is 29.4. The first-order chi connectivity index (χ1) is 14.0. The Labute approximate surface area is 168 Å². The lowest BCUT2D eigenvalue weighted by atomic mass is 10.1. The second kappa shape index (κ2) is 9.01. The van der Waals surface area contributed by atoms with Crippen molar-refractivity contribution >= 4 is 11.6 Å². The van der Waals surface area contributed by atoms with Gasteiger partial charge in [-0.1, -0.05) is 13.0 Å². The van der Waals surface area contributed by atoms with E-state index in [-0.39, 0.29) is 5.91 Å². The molecule has 3 rings (SSSR count). The minimum atomic E-state index is -0.786. The molecule has 1 N–H and O–H groups in total. The largest absolute Gasteiger partial charge is 0.497 e. The van der Waals surface area contributed by atoms with Gasteiger partial charge in [-0.2, -0.15) is 10.1 Å². The van der Waals surface area contributed by atoms with Crippen molar-refractivity contribution in [1.82, 2.24) is 14.8 Å². The highest BCUT2D eigenvalue weighted by Gasteiger charge is 2.22. The lowest BCUT2D eigenvalue weighted by Gasteiger charge is -2.16. The molecule has 0 fully saturated rings. The summed E-state index contributed by atoms with van der Waals surface area (Å²) in [5, 5.41) is 6.98. The number of benzene rings is 2. The third-order valence-electron chi connectivity index (χ3n) is 4.42. The van der Waals surface area contributed by atoms with E-state index in [0.717, 1.165) is 10.2 Å². The number of amides is 1. The third-order valence-corrected chi connectivity index (χ3v) is 4.42. The molecule has 0 aliphatic heterocycles. The van der Waals surface area contributed by atoms with Crippen LogP contribution in [0.5, 0.6) is 11.5 Å². The molecule has 0 bridgehead atoms. The van der Waals surface area contributed by atoms with Crippen LogP contribution in [0.2, 0.25) is 0 Å². The van der Waals surface area contributed by atoms with E-state index in [4.69, 9.17) is 9.47 Å². The lowest BCUT2D eigenvalue weighted by molar-refractivity contribution is -0.119. The summed E-state index contributed by atoms with van der Waals surface area (Å²) >= 11 is 0. The van der Waals surface area contributed by atoms with Gasteiger partial charge in [0.25, 0.3) is 0 Å². The first-order valence-corrected chi connectivity index (χ1v) is 9.11. The second-order valence-electron chi connectivity index (χ2n) is 6.24. The number of ether oxygens (including phenoxy) is 2. The van der Waals surface area contributed by atoms with E-state index in [0.29, 0.717) is 29.3 Å². The maximum Gasteiger partial charge on any atom is 0.365 e. The smallest absolute Gasteiger partial charge is 0.365 e. The highest BCUT2D eigenvalue weighted by Crippen LogP contribution is 2.21. The van der Waals surface area contributed by atoms with Crippen LogP contribution in [0.4, 0.5) is 5.69 Å². The summed E-state index contributed by atoms with van der Waals surface area (Å²) in [6, 6.07) is 13.3. The van der Waals surface area contributed by atoms with Crippen LogP contribution in [-0.4, -0.2) is 34.9 Å². The van der Waals surface area contributed by atoms with Crippen molar-refractivity contribution in [2.75, 3.05) is 19.5 Å². The molecule has 0 radical (unpaired) electrons. The first-order valence-electron chi connectivity index (χ1n) is 9.11. The van der Waals surface area contributed by atoms with E-state index in [9.17, 15) is 9.59 Å². The van der Waals surface area contributed by atoms with Crippen molar-refractivity contribution in [3.63, 3.8) is 0 Å². The number of anilines is 1. The highest BCUT2D eigenvalue weighted by atomic mass is 16.5. The van der Waals surface area contributed by atoms with Gasteiger partial charge < -0.3 is 14.8 Å². The van der Waals surface area contributed by atoms with Crippen LogP contribution in [0.1, 0.15) is 19.4 Å². The number of nitrogens with zero attached hydrogens (tertiary/aromatic N) is 3. The van der Waals surface area contributed by atoms with Crippen LogP contribution in [0.25, 0.3) is 11.3 Å². The predicted molar refractivity (Wildman–Crippen MR) is 109 cm³/mol. The third kappa shape index (κ3) is 4.60. The van der Waals surface area contributed by atoms with Gasteiger partial charge in [0.2, 0.25) is 5.91 Å². The topological polar surface area (TPSA) is 95.3 Å². The average molecular weight is 394 g/mol. The van der Waals surface area contributed by atoms with Crippen LogP contribution in [-0.2, 0) is 4.79 Å². The van der Waals surface area contributed by atoms with Gasteiger partial charge in [0.15, 0.2) is 0 Å². The van der Waals surface area contributed by atoms with Crippen LogP contribution in [0.15, 0.2) is 59.5 Å². The number of carbonyl (C=O) groups is 1. The van der Waals surface area contributed by atoms with Gasteiger partial charge in [0.05, 0.1) is 26.1 Å². The highest BCUT2D eigenvalue weighted by molar-refractivity contribution is 5.93. The van der Waals surface area contributed by atoms with E-state index in [2.05, 4.69) is 15.4 Å². The molecule has 8 heteroatoms. The molecule has 1 amide bonds. The van der Waals surface area contributed by atoms with E-state index >= 15 is 0 Å². The molecule has 0 spiro atoms. The Hall–Kier alpha value is -3.68. The Bertz CT molecular complexity index is 1050. The number of hydrogen-bond acceptors (Lipinski definition) is 6. The minimum absolute atomic E-state index is 0.352. The Morgan fingerprint density at radius 3 is 2.45 bits per heavy atom. The van der Waals surface area contributed by atoms with E-state index in [1.807, 2.05) is 0 Å². The Morgan fingerprint density at radius 1 is 1.10 bits per heavy atom. The molecule has 1 heterocycles. The Morgan fingerprint density at radius 2 is 1.83 bits per heavy atom. The lowest BCUT2D eigenvalue weighted by Crippen LogP contribution is -2.36. The molecule has 1 unspecified atom stereocenters. The van der Waals surface area contributed by atoms with Crippen molar-refractivity contribution in [2.24, 2.45) is 0 Å². The van der Waals surface area contributed by atoms with Gasteiger partial charge >= 0.3 is 5.69 Å². The Balaban J connectivity index is 1.83. The summed E-state index contributed by atoms with van der Waals surface area (Å²) in [5.74, 6) is 0.973. The van der Waals surface area contributed by atoms with Gasteiger partial charge in [-0.15, -0.1) is 0 Å². The minimum Gasteiger partial charge on any atom is -0.497 e. The van der Waals surface area contributed by atoms with Crippen molar-refractivity contribution in [3.05, 3.63) is 65.2 Å². The van der Waals surface area contributed by atoms with Crippen molar-refractivity contribution in [1.29, 1.82) is 0 Å². The molecule has 8 nitrogen and oxygen atoms in total. The van der Waals surface area contributed by atoms with E-state index in [1.54, 1.807) is 69.7 Å². The zero-order valence-electron chi connectivity index (χ0n) is 16.5. The molecule has 29 heavy (non-hydrogen) atoms. The van der Waals surface area contributed by atoms with Crippen LogP contribution >= 0.6 is 0 Å². The molecular weight excluding hydrogens is 372 g/mol. The van der Waals surface area contributed by atoms with Gasteiger partial charge in [0.1, 0.15) is 17.5 Å². The van der Waals surface area contributed by atoms with Crippen LogP contribution < -0.4 is 20.5 Å². The zero-order chi connectivity index (χ0) is 20.8. The van der Waals surface area contributed by atoms with Gasteiger partial charge in [-0.3, -0.25) is 4.79 Å². The number of carbonyl (C=O) groups excluding carboxylic acids is 1. The maximum absolute atomic E-state index is 12.7. The van der Waals surface area contributed by atoms with Crippen molar-refractivity contribution in [2.45, 2.75) is 19.4 Å². The maximum atomic E-state index is 12.7. The summed E-state index contributed by atoms with van der Waals surface area (Å²) < 4.78 is 11.4. The molecule has 2 aromatic carbocycles. The van der Waals surface area contributed by atoms with Crippen LogP contribution in [0, 0.1) is 0 Å². The van der Waals surface area contributed by atoms with Crippen LogP contribution in [0.3, 0.4) is 0 Å². The summed E-state index contributed by atoms with van der Waals surface area (Å²) in [6.45, 7) is 1.81. The monoisotopic (exact) mass is 394 g/mol. The van der Waals surface area contributed by atoms with E-state index < -0.39 is 11.7 Å². The van der Waals surface area contributed by atoms with Gasteiger partial charge in [-0.25, -0.2) is 9.48 Å².